The number of carbonyl (C=O) groups is 1. The summed E-state index contributed by atoms with van der Waals surface area (Å²) in [5, 5.41) is 0. The van der Waals surface area contributed by atoms with E-state index in [0.717, 1.165) is 44.7 Å². The lowest BCUT2D eigenvalue weighted by atomic mass is 9.96. The molecule has 0 saturated heterocycles. The van der Waals surface area contributed by atoms with Crippen molar-refractivity contribution < 1.29 is 9.53 Å². The molecule has 0 aromatic carbocycles. The molecule has 0 spiro atoms. The third kappa shape index (κ3) is 14.0. The number of ether oxygens (including phenoxy) is 1. The number of rotatable bonds is 16. The second-order valence-electron chi connectivity index (χ2n) is 5.95. The van der Waals surface area contributed by atoms with Crippen molar-refractivity contribution in [3.63, 3.8) is 0 Å². The van der Waals surface area contributed by atoms with E-state index in [1.54, 1.807) is 0 Å². The summed E-state index contributed by atoms with van der Waals surface area (Å²) in [5.74, 6) is 0.766. The Morgan fingerprint density at radius 1 is 0.850 bits per heavy atom. The Morgan fingerprint density at radius 3 is 2.25 bits per heavy atom. The number of aldehydes is 1. The van der Waals surface area contributed by atoms with Gasteiger partial charge in [-0.2, -0.15) is 0 Å². The Kier molecular flexibility index (Phi) is 16.4. The SMILES string of the molecule is CCCCCCC(CCCC)COCCCCCC=O. The van der Waals surface area contributed by atoms with Gasteiger partial charge in [0.15, 0.2) is 0 Å². The van der Waals surface area contributed by atoms with E-state index in [0.29, 0.717) is 6.42 Å². The van der Waals surface area contributed by atoms with Crippen LogP contribution in [0.3, 0.4) is 0 Å². The standard InChI is InChI=1S/C18H36O2/c1-3-5-7-10-14-18(13-6-4-2)17-20-16-12-9-8-11-15-19/h15,18H,3-14,16-17H2,1-2H3. The highest BCUT2D eigenvalue weighted by Gasteiger charge is 2.08. The fraction of sp³-hybridized carbons (Fsp3) is 0.944. The molecular weight excluding hydrogens is 248 g/mol. The van der Waals surface area contributed by atoms with Gasteiger partial charge in [0.1, 0.15) is 6.29 Å². The van der Waals surface area contributed by atoms with Gasteiger partial charge in [0.2, 0.25) is 0 Å². The third-order valence-electron chi connectivity index (χ3n) is 3.90. The van der Waals surface area contributed by atoms with Gasteiger partial charge < -0.3 is 9.53 Å². The predicted molar refractivity (Wildman–Crippen MR) is 87.1 cm³/mol. The molecule has 0 aliphatic carbocycles. The van der Waals surface area contributed by atoms with Gasteiger partial charge in [-0.25, -0.2) is 0 Å². The van der Waals surface area contributed by atoms with Crippen molar-refractivity contribution in [2.45, 2.75) is 90.9 Å². The van der Waals surface area contributed by atoms with Gasteiger partial charge in [0, 0.05) is 19.6 Å². The van der Waals surface area contributed by atoms with Crippen LogP contribution < -0.4 is 0 Å². The van der Waals surface area contributed by atoms with Crippen LogP contribution in [0.2, 0.25) is 0 Å². The molecule has 1 unspecified atom stereocenters. The molecule has 0 N–H and O–H groups in total. The van der Waals surface area contributed by atoms with Crippen molar-refractivity contribution in [3.05, 3.63) is 0 Å². The van der Waals surface area contributed by atoms with Crippen LogP contribution in [0.15, 0.2) is 0 Å². The second-order valence-corrected chi connectivity index (χ2v) is 5.95. The van der Waals surface area contributed by atoms with Crippen molar-refractivity contribution in [3.8, 4) is 0 Å². The van der Waals surface area contributed by atoms with Crippen molar-refractivity contribution in [2.24, 2.45) is 5.92 Å². The molecule has 0 aromatic heterocycles. The number of unbranched alkanes of at least 4 members (excludes halogenated alkanes) is 7. The first-order valence-corrected chi connectivity index (χ1v) is 8.86. The molecule has 0 fully saturated rings. The van der Waals surface area contributed by atoms with Crippen LogP contribution in [0.25, 0.3) is 0 Å². The van der Waals surface area contributed by atoms with Crippen LogP contribution in [0.4, 0.5) is 0 Å². The van der Waals surface area contributed by atoms with Crippen molar-refractivity contribution >= 4 is 6.29 Å². The van der Waals surface area contributed by atoms with Crippen LogP contribution in [-0.2, 0) is 9.53 Å². The molecule has 1 atom stereocenters. The van der Waals surface area contributed by atoms with Gasteiger partial charge in [-0.1, -0.05) is 58.8 Å². The zero-order valence-electron chi connectivity index (χ0n) is 13.9. The Bertz CT molecular complexity index is 192. The molecule has 120 valence electrons. The molecule has 0 amide bonds. The normalized spacial score (nSPS) is 12.5. The Hall–Kier alpha value is -0.370. The molecule has 0 aromatic rings. The smallest absolute Gasteiger partial charge is 0.119 e. The summed E-state index contributed by atoms with van der Waals surface area (Å²) in [5.41, 5.74) is 0. The van der Waals surface area contributed by atoms with E-state index in [1.165, 1.54) is 51.4 Å². The maximum atomic E-state index is 10.2. The van der Waals surface area contributed by atoms with Gasteiger partial charge >= 0.3 is 0 Å². The largest absolute Gasteiger partial charge is 0.381 e. The summed E-state index contributed by atoms with van der Waals surface area (Å²) in [6.07, 6.45) is 15.7. The lowest BCUT2D eigenvalue weighted by Crippen LogP contribution is -2.11. The van der Waals surface area contributed by atoms with Crippen LogP contribution >= 0.6 is 0 Å². The number of hydrogen-bond donors (Lipinski definition) is 0. The van der Waals surface area contributed by atoms with Gasteiger partial charge in [0.05, 0.1) is 0 Å². The zero-order chi connectivity index (χ0) is 14.9. The van der Waals surface area contributed by atoms with E-state index < -0.39 is 0 Å². The van der Waals surface area contributed by atoms with Gasteiger partial charge in [-0.3, -0.25) is 0 Å². The molecule has 0 heterocycles. The Morgan fingerprint density at radius 2 is 1.55 bits per heavy atom. The van der Waals surface area contributed by atoms with Gasteiger partial charge in [0.25, 0.3) is 0 Å². The minimum atomic E-state index is 0.705. The van der Waals surface area contributed by atoms with Crippen LogP contribution in [-0.4, -0.2) is 19.5 Å². The average Bonchev–Trinajstić information content (AvgIpc) is 2.47. The molecule has 2 heteroatoms. The first-order chi connectivity index (χ1) is 9.85. The predicted octanol–water partition coefficient (Wildman–Crippen LogP) is 5.54. The monoisotopic (exact) mass is 284 g/mol. The third-order valence-corrected chi connectivity index (χ3v) is 3.90. The molecular formula is C18H36O2. The average molecular weight is 284 g/mol. The highest BCUT2D eigenvalue weighted by molar-refractivity contribution is 5.48. The van der Waals surface area contributed by atoms with E-state index in [2.05, 4.69) is 13.8 Å². The van der Waals surface area contributed by atoms with E-state index in [4.69, 9.17) is 4.74 Å². The second kappa shape index (κ2) is 16.7. The number of hydrogen-bond acceptors (Lipinski definition) is 2. The van der Waals surface area contributed by atoms with Crippen LogP contribution in [0.5, 0.6) is 0 Å². The molecule has 0 saturated carbocycles. The van der Waals surface area contributed by atoms with E-state index in [1.807, 2.05) is 0 Å². The van der Waals surface area contributed by atoms with Crippen molar-refractivity contribution in [1.29, 1.82) is 0 Å². The van der Waals surface area contributed by atoms with Crippen LogP contribution in [0.1, 0.15) is 90.9 Å². The first-order valence-electron chi connectivity index (χ1n) is 8.86. The molecule has 0 aliphatic heterocycles. The quantitative estimate of drug-likeness (QED) is 0.275. The molecule has 0 bridgehead atoms. The number of carbonyl (C=O) groups excluding carboxylic acids is 1. The summed E-state index contributed by atoms with van der Waals surface area (Å²) in [6, 6.07) is 0. The van der Waals surface area contributed by atoms with Gasteiger partial charge in [-0.05, 0) is 31.6 Å². The van der Waals surface area contributed by atoms with E-state index in [9.17, 15) is 4.79 Å². The Labute approximate surface area is 126 Å². The molecule has 0 aliphatic rings. The first kappa shape index (κ1) is 19.6. The maximum Gasteiger partial charge on any atom is 0.119 e. The lowest BCUT2D eigenvalue weighted by molar-refractivity contribution is -0.107. The minimum Gasteiger partial charge on any atom is -0.381 e. The summed E-state index contributed by atoms with van der Waals surface area (Å²) in [7, 11) is 0. The van der Waals surface area contributed by atoms with Gasteiger partial charge in [-0.15, -0.1) is 0 Å². The molecule has 2 nitrogen and oxygen atoms in total. The fourth-order valence-electron chi connectivity index (χ4n) is 2.52. The molecule has 0 radical (unpaired) electrons. The summed E-state index contributed by atoms with van der Waals surface area (Å²) in [6.45, 7) is 6.35. The van der Waals surface area contributed by atoms with Crippen molar-refractivity contribution in [2.75, 3.05) is 13.2 Å². The van der Waals surface area contributed by atoms with Crippen molar-refractivity contribution in [1.82, 2.24) is 0 Å². The highest BCUT2D eigenvalue weighted by Crippen LogP contribution is 2.18. The summed E-state index contributed by atoms with van der Waals surface area (Å²) in [4.78, 5) is 10.2. The van der Waals surface area contributed by atoms with Crippen LogP contribution in [0, 0.1) is 5.92 Å². The highest BCUT2D eigenvalue weighted by atomic mass is 16.5. The van der Waals surface area contributed by atoms with E-state index >= 15 is 0 Å². The fourth-order valence-corrected chi connectivity index (χ4v) is 2.52. The lowest BCUT2D eigenvalue weighted by Gasteiger charge is -2.16. The minimum absolute atomic E-state index is 0.705. The topological polar surface area (TPSA) is 26.3 Å². The maximum absolute atomic E-state index is 10.2. The molecule has 0 rings (SSSR count). The molecule has 20 heavy (non-hydrogen) atoms. The zero-order valence-corrected chi connectivity index (χ0v) is 13.9. The summed E-state index contributed by atoms with van der Waals surface area (Å²) >= 11 is 0. The Balaban J connectivity index is 3.55. The van der Waals surface area contributed by atoms with E-state index in [-0.39, 0.29) is 0 Å². The summed E-state index contributed by atoms with van der Waals surface area (Å²) < 4.78 is 5.84.